The van der Waals surface area contributed by atoms with Gasteiger partial charge in [0.2, 0.25) is 0 Å². The Balaban J connectivity index is 1.57. The van der Waals surface area contributed by atoms with Gasteiger partial charge in [-0.1, -0.05) is 48.5 Å². The first-order valence-corrected chi connectivity index (χ1v) is 9.27. The number of carbonyl (C=O) groups is 2. The summed E-state index contributed by atoms with van der Waals surface area (Å²) in [5.74, 6) is -0.809. The van der Waals surface area contributed by atoms with Crippen LogP contribution in [0.3, 0.4) is 0 Å². The molecule has 6 nitrogen and oxygen atoms in total. The molecule has 0 aliphatic carbocycles. The van der Waals surface area contributed by atoms with E-state index in [4.69, 9.17) is 5.26 Å². The van der Waals surface area contributed by atoms with Crippen LogP contribution in [-0.4, -0.2) is 23.3 Å². The molecule has 0 fully saturated rings. The highest BCUT2D eigenvalue weighted by atomic mass is 16.2. The maximum atomic E-state index is 12.5. The first-order valence-electron chi connectivity index (χ1n) is 9.27. The van der Waals surface area contributed by atoms with Gasteiger partial charge in [0.25, 0.3) is 11.8 Å². The summed E-state index contributed by atoms with van der Waals surface area (Å²) < 4.78 is 0. The van der Waals surface area contributed by atoms with Crippen molar-refractivity contribution in [1.82, 2.24) is 10.3 Å². The number of rotatable bonds is 7. The third-order valence-electron chi connectivity index (χ3n) is 4.28. The zero-order chi connectivity index (χ0) is 20.5. The van der Waals surface area contributed by atoms with Gasteiger partial charge in [0, 0.05) is 6.54 Å². The maximum Gasteiger partial charge on any atom is 0.274 e. The maximum absolute atomic E-state index is 12.5. The summed E-state index contributed by atoms with van der Waals surface area (Å²) in [6.07, 6.45) is 1.68. The van der Waals surface area contributed by atoms with Crippen molar-refractivity contribution in [3.05, 3.63) is 95.3 Å². The van der Waals surface area contributed by atoms with Gasteiger partial charge < -0.3 is 10.6 Å². The molecule has 2 amide bonds. The Hall–Kier alpha value is -3.98. The van der Waals surface area contributed by atoms with Crippen molar-refractivity contribution < 1.29 is 9.59 Å². The minimum absolute atomic E-state index is 0.106. The van der Waals surface area contributed by atoms with Crippen LogP contribution in [-0.2, 0) is 6.42 Å². The molecule has 2 N–H and O–H groups in total. The predicted octanol–water partition coefficient (Wildman–Crippen LogP) is 3.57. The molecule has 29 heavy (non-hydrogen) atoms. The van der Waals surface area contributed by atoms with Gasteiger partial charge in [0.1, 0.15) is 17.5 Å². The van der Waals surface area contributed by atoms with E-state index in [1.165, 1.54) is 11.6 Å². The zero-order valence-corrected chi connectivity index (χ0v) is 15.8. The van der Waals surface area contributed by atoms with Crippen LogP contribution in [0.2, 0.25) is 0 Å². The Morgan fingerprint density at radius 3 is 2.31 bits per heavy atom. The fourth-order valence-corrected chi connectivity index (χ4v) is 2.79. The lowest BCUT2D eigenvalue weighted by Gasteiger charge is -2.08. The van der Waals surface area contributed by atoms with Crippen LogP contribution in [0.4, 0.5) is 5.69 Å². The lowest BCUT2D eigenvalue weighted by molar-refractivity contribution is 0.0948. The van der Waals surface area contributed by atoms with Crippen LogP contribution in [0.5, 0.6) is 0 Å². The van der Waals surface area contributed by atoms with Gasteiger partial charge in [0.15, 0.2) is 0 Å². The molecule has 0 saturated heterocycles. The van der Waals surface area contributed by atoms with Gasteiger partial charge in [-0.3, -0.25) is 9.59 Å². The molecule has 1 heterocycles. The molecule has 1 aromatic heterocycles. The normalized spacial score (nSPS) is 10.0. The molecule has 0 spiro atoms. The second-order valence-electron chi connectivity index (χ2n) is 6.36. The van der Waals surface area contributed by atoms with Crippen LogP contribution in [0.15, 0.2) is 72.8 Å². The number of para-hydroxylation sites is 1. The molecule has 6 heteroatoms. The van der Waals surface area contributed by atoms with Crippen LogP contribution in [0.1, 0.15) is 38.5 Å². The summed E-state index contributed by atoms with van der Waals surface area (Å²) in [5.41, 5.74) is 2.25. The number of hydrogen-bond acceptors (Lipinski definition) is 4. The number of aromatic nitrogens is 1. The Labute approximate surface area is 169 Å². The molecule has 0 unspecified atom stereocenters. The monoisotopic (exact) mass is 384 g/mol. The smallest absolute Gasteiger partial charge is 0.274 e. The quantitative estimate of drug-likeness (QED) is 0.609. The van der Waals surface area contributed by atoms with Crippen LogP contribution in [0.25, 0.3) is 0 Å². The lowest BCUT2D eigenvalue weighted by atomic mass is 10.1. The lowest BCUT2D eigenvalue weighted by Crippen LogP contribution is -2.26. The number of amides is 2. The Bertz CT molecular complexity index is 1040. The Morgan fingerprint density at radius 2 is 1.55 bits per heavy atom. The molecule has 3 rings (SSSR count). The third-order valence-corrected chi connectivity index (χ3v) is 4.28. The third kappa shape index (κ3) is 5.50. The number of nitrogens with zero attached hydrogens (tertiary/aromatic N) is 2. The molecule has 0 bridgehead atoms. The molecule has 0 saturated carbocycles. The van der Waals surface area contributed by atoms with E-state index in [0.29, 0.717) is 17.8 Å². The second-order valence-corrected chi connectivity index (χ2v) is 6.36. The van der Waals surface area contributed by atoms with E-state index in [1.54, 1.807) is 36.4 Å². The summed E-state index contributed by atoms with van der Waals surface area (Å²) in [6.45, 7) is 0.515. The van der Waals surface area contributed by atoms with Gasteiger partial charge in [-0.25, -0.2) is 4.98 Å². The number of aryl methyl sites for hydroxylation is 1. The first-order chi connectivity index (χ1) is 14.2. The van der Waals surface area contributed by atoms with E-state index in [0.717, 1.165) is 12.8 Å². The molecule has 0 atom stereocenters. The van der Waals surface area contributed by atoms with E-state index in [-0.39, 0.29) is 17.3 Å². The second kappa shape index (κ2) is 9.81. The summed E-state index contributed by atoms with van der Waals surface area (Å²) >= 11 is 0. The number of pyridine rings is 1. The number of nitrogens with one attached hydrogen (secondary N) is 2. The fourth-order valence-electron chi connectivity index (χ4n) is 2.79. The number of hydrogen-bond donors (Lipinski definition) is 2. The molecular weight excluding hydrogens is 364 g/mol. The molecule has 3 aromatic rings. The highest BCUT2D eigenvalue weighted by Gasteiger charge is 2.13. The molecule has 0 radical (unpaired) electrons. The Kier molecular flexibility index (Phi) is 6.69. The largest absolute Gasteiger partial charge is 0.351 e. The summed E-state index contributed by atoms with van der Waals surface area (Å²) in [7, 11) is 0. The number of carbonyl (C=O) groups excluding carboxylic acids is 2. The zero-order valence-electron chi connectivity index (χ0n) is 15.8. The van der Waals surface area contributed by atoms with Crippen LogP contribution < -0.4 is 10.6 Å². The van der Waals surface area contributed by atoms with Crippen molar-refractivity contribution in [2.45, 2.75) is 12.8 Å². The van der Waals surface area contributed by atoms with Crippen molar-refractivity contribution in [1.29, 1.82) is 5.26 Å². The number of anilines is 1. The average Bonchev–Trinajstić information content (AvgIpc) is 2.77. The van der Waals surface area contributed by atoms with Gasteiger partial charge in [-0.05, 0) is 42.7 Å². The van der Waals surface area contributed by atoms with E-state index >= 15 is 0 Å². The molecule has 2 aromatic carbocycles. The standard InChI is InChI=1S/C23H20N4O2/c24-16-18-11-4-5-12-19(18)27-23(29)21-14-6-13-20(26-21)22(28)25-15-7-10-17-8-2-1-3-9-17/h1-6,8-9,11-14H,7,10,15H2,(H,25,28)(H,27,29). The topological polar surface area (TPSA) is 94.9 Å². The summed E-state index contributed by atoms with van der Waals surface area (Å²) in [4.78, 5) is 29.0. The minimum Gasteiger partial charge on any atom is -0.351 e. The molecule has 0 aliphatic heterocycles. The summed E-state index contributed by atoms with van der Waals surface area (Å²) in [5, 5.41) is 14.6. The molecule has 144 valence electrons. The van der Waals surface area contributed by atoms with Crippen LogP contribution in [0, 0.1) is 11.3 Å². The average molecular weight is 384 g/mol. The molecule has 0 aliphatic rings. The predicted molar refractivity (Wildman–Crippen MR) is 110 cm³/mol. The van der Waals surface area contributed by atoms with Gasteiger partial charge in [0.05, 0.1) is 11.3 Å². The number of nitriles is 1. The van der Waals surface area contributed by atoms with E-state index in [2.05, 4.69) is 27.8 Å². The van der Waals surface area contributed by atoms with E-state index in [1.807, 2.05) is 24.3 Å². The van der Waals surface area contributed by atoms with Crippen molar-refractivity contribution in [3.63, 3.8) is 0 Å². The van der Waals surface area contributed by atoms with Gasteiger partial charge >= 0.3 is 0 Å². The van der Waals surface area contributed by atoms with Crippen molar-refractivity contribution in [3.8, 4) is 6.07 Å². The van der Waals surface area contributed by atoms with Gasteiger partial charge in [-0.15, -0.1) is 0 Å². The minimum atomic E-state index is -0.480. The van der Waals surface area contributed by atoms with Crippen molar-refractivity contribution >= 4 is 17.5 Å². The highest BCUT2D eigenvalue weighted by Crippen LogP contribution is 2.14. The van der Waals surface area contributed by atoms with Crippen molar-refractivity contribution in [2.24, 2.45) is 0 Å². The molecular formula is C23H20N4O2. The number of benzene rings is 2. The van der Waals surface area contributed by atoms with E-state index in [9.17, 15) is 9.59 Å². The van der Waals surface area contributed by atoms with Crippen LogP contribution >= 0.6 is 0 Å². The Morgan fingerprint density at radius 1 is 0.862 bits per heavy atom. The highest BCUT2D eigenvalue weighted by molar-refractivity contribution is 6.04. The van der Waals surface area contributed by atoms with E-state index < -0.39 is 5.91 Å². The summed E-state index contributed by atoms with van der Waals surface area (Å²) in [6, 6.07) is 23.5. The van der Waals surface area contributed by atoms with Crippen molar-refractivity contribution in [2.75, 3.05) is 11.9 Å². The fraction of sp³-hybridized carbons (Fsp3) is 0.130. The van der Waals surface area contributed by atoms with Gasteiger partial charge in [-0.2, -0.15) is 5.26 Å². The first kappa shape index (κ1) is 19.8. The SMILES string of the molecule is N#Cc1ccccc1NC(=O)c1cccc(C(=O)NCCCc2ccccc2)n1.